The molecule has 1 fully saturated rings. The molecular formula is C15H22NO4+. The molecule has 110 valence electrons. The van der Waals surface area contributed by atoms with Gasteiger partial charge in [0.15, 0.2) is 0 Å². The number of quaternary nitrogens is 1. The van der Waals surface area contributed by atoms with E-state index < -0.39 is 11.6 Å². The van der Waals surface area contributed by atoms with Crippen LogP contribution < -0.4 is 5.32 Å². The fourth-order valence-electron chi connectivity index (χ4n) is 2.73. The van der Waals surface area contributed by atoms with Gasteiger partial charge >= 0.3 is 5.97 Å². The first-order valence-electron chi connectivity index (χ1n) is 6.98. The second-order valence-corrected chi connectivity index (χ2v) is 5.80. The molecule has 1 heterocycles. The minimum absolute atomic E-state index is 0.164. The topological polar surface area (TPSA) is 83.4 Å². The first kappa shape index (κ1) is 14.7. The van der Waals surface area contributed by atoms with E-state index in [0.717, 1.165) is 25.9 Å². The van der Waals surface area contributed by atoms with E-state index in [1.165, 1.54) is 18.2 Å². The molecule has 1 aromatic carbocycles. The highest BCUT2D eigenvalue weighted by molar-refractivity contribution is 5.95. The van der Waals surface area contributed by atoms with Crippen molar-refractivity contribution in [3.05, 3.63) is 23.8 Å². The molecule has 0 atom stereocenters. The van der Waals surface area contributed by atoms with Crippen LogP contribution in [0, 0.1) is 5.92 Å². The molecule has 20 heavy (non-hydrogen) atoms. The van der Waals surface area contributed by atoms with Crippen LogP contribution in [0.4, 0.5) is 0 Å². The summed E-state index contributed by atoms with van der Waals surface area (Å²) in [4.78, 5) is 12.2. The number of ether oxygens (including phenoxy) is 1. The van der Waals surface area contributed by atoms with Crippen LogP contribution in [0.25, 0.3) is 0 Å². The third-order valence-corrected chi connectivity index (χ3v) is 4.00. The predicted molar refractivity (Wildman–Crippen MR) is 73.6 cm³/mol. The Morgan fingerprint density at radius 3 is 2.35 bits per heavy atom. The van der Waals surface area contributed by atoms with Gasteiger partial charge in [0.05, 0.1) is 13.1 Å². The maximum Gasteiger partial charge on any atom is 0.346 e. The van der Waals surface area contributed by atoms with Gasteiger partial charge in [0, 0.05) is 18.8 Å². The van der Waals surface area contributed by atoms with E-state index in [9.17, 15) is 15.0 Å². The van der Waals surface area contributed by atoms with Gasteiger partial charge in [-0.2, -0.15) is 0 Å². The molecule has 0 spiro atoms. The number of hydrogen-bond donors (Lipinski definition) is 3. The molecule has 4 N–H and O–H groups in total. The molecule has 0 unspecified atom stereocenters. The number of carbonyl (C=O) groups excluding carboxylic acids is 1. The van der Waals surface area contributed by atoms with Gasteiger partial charge in [-0.25, -0.2) is 4.79 Å². The Morgan fingerprint density at radius 1 is 1.25 bits per heavy atom. The van der Waals surface area contributed by atoms with Crippen LogP contribution >= 0.6 is 0 Å². The lowest BCUT2D eigenvalue weighted by atomic mass is 9.83. The van der Waals surface area contributed by atoms with Crippen molar-refractivity contribution in [1.29, 1.82) is 0 Å². The van der Waals surface area contributed by atoms with Gasteiger partial charge in [-0.15, -0.1) is 0 Å². The van der Waals surface area contributed by atoms with Crippen LogP contribution in [0.5, 0.6) is 11.5 Å². The van der Waals surface area contributed by atoms with Gasteiger partial charge in [-0.3, -0.25) is 0 Å². The van der Waals surface area contributed by atoms with Crippen molar-refractivity contribution in [2.24, 2.45) is 5.92 Å². The Hall–Kier alpha value is -1.75. The normalized spacial score (nSPS) is 16.9. The molecular weight excluding hydrogens is 258 g/mol. The van der Waals surface area contributed by atoms with E-state index in [4.69, 9.17) is 4.74 Å². The molecule has 0 amide bonds. The van der Waals surface area contributed by atoms with Crippen LogP contribution in [-0.2, 0) is 4.74 Å². The van der Waals surface area contributed by atoms with Gasteiger partial charge in [-0.1, -0.05) is 6.07 Å². The van der Waals surface area contributed by atoms with Gasteiger partial charge in [0.2, 0.25) is 0 Å². The van der Waals surface area contributed by atoms with Crippen molar-refractivity contribution in [2.75, 3.05) is 13.1 Å². The van der Waals surface area contributed by atoms with Crippen molar-refractivity contribution < 1.29 is 25.1 Å². The summed E-state index contributed by atoms with van der Waals surface area (Å²) in [6, 6.07) is 4.20. The minimum atomic E-state index is -0.680. The number of piperidine rings is 1. The predicted octanol–water partition coefficient (Wildman–Crippen LogP) is 1.01. The molecule has 5 nitrogen and oxygen atoms in total. The number of aromatic hydroxyl groups is 2. The average Bonchev–Trinajstić information content (AvgIpc) is 2.39. The van der Waals surface area contributed by atoms with E-state index >= 15 is 0 Å². The first-order valence-corrected chi connectivity index (χ1v) is 6.98. The largest absolute Gasteiger partial charge is 0.507 e. The molecule has 0 aliphatic carbocycles. The lowest BCUT2D eigenvalue weighted by molar-refractivity contribution is -0.665. The molecule has 1 aliphatic heterocycles. The van der Waals surface area contributed by atoms with Crippen molar-refractivity contribution >= 4 is 5.97 Å². The summed E-state index contributed by atoms with van der Waals surface area (Å²) in [5.74, 6) is -0.907. The zero-order chi connectivity index (χ0) is 14.8. The van der Waals surface area contributed by atoms with Crippen LogP contribution in [0.15, 0.2) is 18.2 Å². The molecule has 0 saturated carbocycles. The van der Waals surface area contributed by atoms with E-state index in [2.05, 4.69) is 5.32 Å². The summed E-state index contributed by atoms with van der Waals surface area (Å²) in [5, 5.41) is 21.7. The number of hydrogen-bond acceptors (Lipinski definition) is 4. The number of esters is 1. The molecule has 1 aromatic rings. The second-order valence-electron chi connectivity index (χ2n) is 5.80. The van der Waals surface area contributed by atoms with Gasteiger partial charge < -0.3 is 20.3 Å². The SMILES string of the molecule is CC(C)(OC(=O)c1c(O)cccc1O)C1CC[NH2+]CC1. The highest BCUT2D eigenvalue weighted by Crippen LogP contribution is 2.32. The van der Waals surface area contributed by atoms with Crippen molar-refractivity contribution in [1.82, 2.24) is 0 Å². The van der Waals surface area contributed by atoms with Crippen LogP contribution in [-0.4, -0.2) is 34.9 Å². The first-order chi connectivity index (χ1) is 9.42. The van der Waals surface area contributed by atoms with E-state index in [1.54, 1.807) is 0 Å². The monoisotopic (exact) mass is 280 g/mol. The third-order valence-electron chi connectivity index (χ3n) is 4.00. The average molecular weight is 280 g/mol. The lowest BCUT2D eigenvalue weighted by Crippen LogP contribution is -2.86. The molecule has 2 rings (SSSR count). The third kappa shape index (κ3) is 3.04. The van der Waals surface area contributed by atoms with Crippen LogP contribution in [0.3, 0.4) is 0 Å². The second kappa shape index (κ2) is 5.71. The molecule has 0 aromatic heterocycles. The summed E-state index contributed by atoms with van der Waals surface area (Å²) in [7, 11) is 0. The zero-order valence-electron chi connectivity index (χ0n) is 11.9. The Labute approximate surface area is 118 Å². The van der Waals surface area contributed by atoms with Crippen molar-refractivity contribution in [3.63, 3.8) is 0 Å². The summed E-state index contributed by atoms with van der Waals surface area (Å²) >= 11 is 0. The van der Waals surface area contributed by atoms with Gasteiger partial charge in [0.1, 0.15) is 22.7 Å². The Kier molecular flexibility index (Phi) is 4.18. The fourth-order valence-corrected chi connectivity index (χ4v) is 2.73. The zero-order valence-corrected chi connectivity index (χ0v) is 11.9. The quantitative estimate of drug-likeness (QED) is 0.721. The molecule has 1 saturated heterocycles. The lowest BCUT2D eigenvalue weighted by Gasteiger charge is -2.35. The highest BCUT2D eigenvalue weighted by Gasteiger charge is 2.36. The summed E-state index contributed by atoms with van der Waals surface area (Å²) < 4.78 is 5.55. The van der Waals surface area contributed by atoms with E-state index in [-0.39, 0.29) is 17.1 Å². The number of rotatable bonds is 3. The standard InChI is InChI=1S/C15H21NO4/c1-15(2,10-6-8-16-9-7-10)20-14(19)13-11(17)4-3-5-12(13)18/h3-5,10,16-18H,6-9H2,1-2H3/p+1. The van der Waals surface area contributed by atoms with Gasteiger partial charge in [0.25, 0.3) is 0 Å². The summed E-state index contributed by atoms with van der Waals surface area (Å²) in [6.07, 6.45) is 1.99. The number of phenols is 2. The Balaban J connectivity index is 2.14. The maximum atomic E-state index is 12.2. The van der Waals surface area contributed by atoms with Crippen LogP contribution in [0.1, 0.15) is 37.0 Å². The highest BCUT2D eigenvalue weighted by atomic mass is 16.6. The van der Waals surface area contributed by atoms with Crippen LogP contribution in [0.2, 0.25) is 0 Å². The smallest absolute Gasteiger partial charge is 0.346 e. The number of carbonyl (C=O) groups is 1. The van der Waals surface area contributed by atoms with Crippen molar-refractivity contribution in [3.8, 4) is 11.5 Å². The van der Waals surface area contributed by atoms with E-state index in [0.29, 0.717) is 5.92 Å². The number of nitrogens with two attached hydrogens (primary N) is 1. The van der Waals surface area contributed by atoms with Gasteiger partial charge in [-0.05, 0) is 26.0 Å². The van der Waals surface area contributed by atoms with Crippen molar-refractivity contribution in [2.45, 2.75) is 32.3 Å². The Bertz CT molecular complexity index is 472. The molecule has 5 heteroatoms. The molecule has 0 bridgehead atoms. The summed E-state index contributed by atoms with van der Waals surface area (Å²) in [6.45, 7) is 5.84. The molecule has 1 aliphatic rings. The van der Waals surface area contributed by atoms with E-state index in [1.807, 2.05) is 13.8 Å². The number of benzene rings is 1. The minimum Gasteiger partial charge on any atom is -0.507 e. The molecule has 0 radical (unpaired) electrons. The maximum absolute atomic E-state index is 12.2. The Morgan fingerprint density at radius 2 is 1.80 bits per heavy atom. The summed E-state index contributed by atoms with van der Waals surface area (Å²) in [5.41, 5.74) is -0.775. The number of phenolic OH excluding ortho intramolecular Hbond substituents is 2. The fraction of sp³-hybridized carbons (Fsp3) is 0.533.